The molecule has 0 amide bonds. The predicted octanol–water partition coefficient (Wildman–Crippen LogP) is 4.15. The second kappa shape index (κ2) is 8.17. The Labute approximate surface area is 153 Å². The van der Waals surface area contributed by atoms with Gasteiger partial charge in [0.05, 0.1) is 6.61 Å². The maximum atomic E-state index is 13.7. The molecule has 3 aromatic rings. The van der Waals surface area contributed by atoms with E-state index >= 15 is 0 Å². The molecule has 6 heteroatoms. The summed E-state index contributed by atoms with van der Waals surface area (Å²) in [5, 5.41) is 3.52. The maximum absolute atomic E-state index is 13.7. The molecule has 1 aromatic heterocycles. The van der Waals surface area contributed by atoms with E-state index in [9.17, 15) is 4.57 Å². The molecule has 0 bridgehead atoms. The van der Waals surface area contributed by atoms with Crippen LogP contribution in [0.3, 0.4) is 0 Å². The van der Waals surface area contributed by atoms with Crippen LogP contribution in [0.5, 0.6) is 0 Å². The van der Waals surface area contributed by atoms with Crippen LogP contribution >= 0.6 is 7.37 Å². The summed E-state index contributed by atoms with van der Waals surface area (Å²) in [7, 11) is -1.65. The third-order valence-electron chi connectivity index (χ3n) is 3.76. The van der Waals surface area contributed by atoms with Crippen LogP contribution in [0.25, 0.3) is 12.2 Å². The molecule has 134 valence electrons. The van der Waals surface area contributed by atoms with Gasteiger partial charge in [-0.15, -0.1) is 0 Å². The Hall–Kier alpha value is -2.62. The summed E-state index contributed by atoms with van der Waals surface area (Å²) >= 11 is 0. The van der Waals surface area contributed by atoms with Crippen molar-refractivity contribution in [1.82, 2.24) is 4.98 Å². The summed E-state index contributed by atoms with van der Waals surface area (Å²) < 4.78 is 25.1. The average molecular weight is 368 g/mol. The average Bonchev–Trinajstić information content (AvgIpc) is 3.12. The molecule has 2 aromatic carbocycles. The van der Waals surface area contributed by atoms with Crippen LogP contribution in [0, 0.1) is 0 Å². The standard InChI is InChI=1S/C20H21N2O3P/c1-3-24-26(23,17-12-8-5-9-13-17)20-19(21-2)25-18(22-20)15-14-16-10-6-4-7-11-16/h4-15,21H,3H2,1-2H3/b15-14+/t26-/m1/s1. The summed E-state index contributed by atoms with van der Waals surface area (Å²) in [5.74, 6) is 0.711. The molecule has 1 atom stereocenters. The molecule has 0 saturated carbocycles. The van der Waals surface area contributed by atoms with Gasteiger partial charge in [0.2, 0.25) is 11.8 Å². The van der Waals surface area contributed by atoms with E-state index in [1.807, 2.05) is 61.5 Å². The number of nitrogens with zero attached hydrogens (tertiary/aromatic N) is 1. The molecular weight excluding hydrogens is 347 g/mol. The highest BCUT2D eigenvalue weighted by atomic mass is 31.2. The van der Waals surface area contributed by atoms with E-state index in [1.165, 1.54) is 0 Å². The van der Waals surface area contributed by atoms with Crippen LogP contribution in [-0.4, -0.2) is 18.6 Å². The Kier molecular flexibility index (Phi) is 5.71. The molecule has 5 nitrogen and oxygen atoms in total. The maximum Gasteiger partial charge on any atom is 0.284 e. The summed E-state index contributed by atoms with van der Waals surface area (Å²) in [6.45, 7) is 2.11. The van der Waals surface area contributed by atoms with E-state index in [2.05, 4.69) is 10.3 Å². The number of oxazole rings is 1. The van der Waals surface area contributed by atoms with Crippen LogP contribution in [0.15, 0.2) is 65.1 Å². The topological polar surface area (TPSA) is 64.4 Å². The number of anilines is 1. The lowest BCUT2D eigenvalue weighted by Gasteiger charge is -2.16. The monoisotopic (exact) mass is 368 g/mol. The molecule has 3 rings (SSSR count). The zero-order chi connectivity index (χ0) is 18.4. The van der Waals surface area contributed by atoms with Crippen molar-refractivity contribution in [3.8, 4) is 0 Å². The van der Waals surface area contributed by atoms with Gasteiger partial charge in [0.15, 0.2) is 5.44 Å². The molecule has 1 N–H and O–H groups in total. The van der Waals surface area contributed by atoms with Gasteiger partial charge in [-0.3, -0.25) is 4.57 Å². The van der Waals surface area contributed by atoms with Crippen molar-refractivity contribution < 1.29 is 13.5 Å². The summed E-state index contributed by atoms with van der Waals surface area (Å²) in [5.41, 5.74) is 1.31. The van der Waals surface area contributed by atoms with Gasteiger partial charge < -0.3 is 14.3 Å². The van der Waals surface area contributed by atoms with Crippen LogP contribution in [0.2, 0.25) is 0 Å². The first kappa shape index (κ1) is 18.2. The molecule has 0 aliphatic heterocycles. The SMILES string of the molecule is CCO[P@](=O)(c1ccccc1)c1nc(/C=C/c2ccccc2)oc1NC. The van der Waals surface area contributed by atoms with Gasteiger partial charge in [0.1, 0.15) is 0 Å². The number of nitrogens with one attached hydrogen (secondary N) is 1. The van der Waals surface area contributed by atoms with E-state index in [0.717, 1.165) is 5.56 Å². The lowest BCUT2D eigenvalue weighted by atomic mass is 10.2. The normalized spacial score (nSPS) is 13.6. The molecule has 26 heavy (non-hydrogen) atoms. The van der Waals surface area contributed by atoms with Gasteiger partial charge in [0.25, 0.3) is 7.37 Å². The third-order valence-corrected chi connectivity index (χ3v) is 6.22. The summed E-state index contributed by atoms with van der Waals surface area (Å²) in [6.07, 6.45) is 3.64. The number of hydrogen-bond donors (Lipinski definition) is 1. The molecule has 1 heterocycles. The van der Waals surface area contributed by atoms with Crippen molar-refractivity contribution in [2.75, 3.05) is 19.0 Å². The first-order valence-electron chi connectivity index (χ1n) is 8.40. The second-order valence-corrected chi connectivity index (χ2v) is 7.80. The van der Waals surface area contributed by atoms with Gasteiger partial charge in [-0.1, -0.05) is 48.5 Å². The first-order valence-corrected chi connectivity index (χ1v) is 10.0. The minimum Gasteiger partial charge on any atom is -0.420 e. The van der Waals surface area contributed by atoms with E-state index in [0.29, 0.717) is 29.1 Å². The fraction of sp³-hybridized carbons (Fsp3) is 0.150. The molecular formula is C20H21N2O3P. The van der Waals surface area contributed by atoms with Gasteiger partial charge in [-0.25, -0.2) is 4.98 Å². The fourth-order valence-corrected chi connectivity index (χ4v) is 4.66. The van der Waals surface area contributed by atoms with Crippen LogP contribution in [-0.2, 0) is 9.09 Å². The van der Waals surface area contributed by atoms with E-state index in [4.69, 9.17) is 8.94 Å². The van der Waals surface area contributed by atoms with Crippen molar-refractivity contribution in [3.63, 3.8) is 0 Å². The smallest absolute Gasteiger partial charge is 0.284 e. The summed E-state index contributed by atoms with van der Waals surface area (Å²) in [6, 6.07) is 18.9. The van der Waals surface area contributed by atoms with Crippen molar-refractivity contribution in [1.29, 1.82) is 0 Å². The van der Waals surface area contributed by atoms with E-state index in [1.54, 1.807) is 25.3 Å². The Balaban J connectivity index is 2.02. The van der Waals surface area contributed by atoms with Crippen molar-refractivity contribution >= 4 is 36.1 Å². The molecule has 0 unspecified atom stereocenters. The van der Waals surface area contributed by atoms with Gasteiger partial charge in [-0.05, 0) is 30.7 Å². The zero-order valence-corrected chi connectivity index (χ0v) is 15.6. The van der Waals surface area contributed by atoms with Crippen LogP contribution < -0.4 is 16.1 Å². The lowest BCUT2D eigenvalue weighted by Crippen LogP contribution is -2.21. The minimum atomic E-state index is -3.35. The predicted molar refractivity (Wildman–Crippen MR) is 106 cm³/mol. The number of benzene rings is 2. The Morgan fingerprint density at radius 1 is 1.08 bits per heavy atom. The molecule has 0 saturated heterocycles. The van der Waals surface area contributed by atoms with Gasteiger partial charge in [0, 0.05) is 18.4 Å². The lowest BCUT2D eigenvalue weighted by molar-refractivity contribution is 0.347. The quantitative estimate of drug-likeness (QED) is 0.635. The highest BCUT2D eigenvalue weighted by Crippen LogP contribution is 2.46. The second-order valence-electron chi connectivity index (χ2n) is 5.50. The third kappa shape index (κ3) is 3.79. The van der Waals surface area contributed by atoms with Gasteiger partial charge >= 0.3 is 0 Å². The van der Waals surface area contributed by atoms with E-state index in [-0.39, 0.29) is 0 Å². The molecule has 0 radical (unpaired) electrons. The first-order chi connectivity index (χ1) is 12.7. The molecule has 0 spiro atoms. The number of hydrogen-bond acceptors (Lipinski definition) is 5. The van der Waals surface area contributed by atoms with Crippen molar-refractivity contribution in [2.24, 2.45) is 0 Å². The van der Waals surface area contributed by atoms with E-state index < -0.39 is 7.37 Å². The van der Waals surface area contributed by atoms with Crippen molar-refractivity contribution in [2.45, 2.75) is 6.92 Å². The largest absolute Gasteiger partial charge is 0.420 e. The Morgan fingerprint density at radius 2 is 1.73 bits per heavy atom. The number of rotatable bonds is 7. The van der Waals surface area contributed by atoms with Crippen LogP contribution in [0.1, 0.15) is 18.4 Å². The van der Waals surface area contributed by atoms with Gasteiger partial charge in [-0.2, -0.15) is 0 Å². The zero-order valence-electron chi connectivity index (χ0n) is 14.8. The molecule has 0 fully saturated rings. The van der Waals surface area contributed by atoms with Crippen molar-refractivity contribution in [3.05, 3.63) is 72.1 Å². The Morgan fingerprint density at radius 3 is 2.35 bits per heavy atom. The molecule has 0 aliphatic rings. The summed E-state index contributed by atoms with van der Waals surface area (Å²) in [4.78, 5) is 4.46. The molecule has 0 aliphatic carbocycles. The number of aromatic nitrogens is 1. The fourth-order valence-electron chi connectivity index (χ4n) is 2.56. The Bertz CT molecular complexity index is 921. The highest BCUT2D eigenvalue weighted by molar-refractivity contribution is 7.74. The van der Waals surface area contributed by atoms with Crippen LogP contribution in [0.4, 0.5) is 5.88 Å². The highest BCUT2D eigenvalue weighted by Gasteiger charge is 2.35. The minimum absolute atomic E-state index is 0.292.